The number of benzene rings is 4. The highest BCUT2D eigenvalue weighted by Crippen LogP contribution is 2.30. The number of carbonyl (C=O) groups is 2. The van der Waals surface area contributed by atoms with Gasteiger partial charge >= 0.3 is 0 Å². The maximum absolute atomic E-state index is 14.6. The molecule has 0 saturated heterocycles. The standard InChI is InChI=1S/C36H39Cl2N3O4S/c1-24(2)39-36(43)34(20-28-11-7-6-8-12-28)40(22-29-16-17-30(37)21-32(29)38)35(42)23-41(33-13-9-10-26(4)27(33)5)46(44,45)31-18-14-25(3)15-19-31/h6-19,21,24,34H,20,22-23H2,1-5H3,(H,39,43). The molecule has 4 rings (SSSR count). The van der Waals surface area contributed by atoms with Crippen LogP contribution in [-0.4, -0.2) is 43.8 Å². The fraction of sp³-hybridized carbons (Fsp3) is 0.278. The highest BCUT2D eigenvalue weighted by atomic mass is 35.5. The van der Waals surface area contributed by atoms with E-state index in [-0.39, 0.29) is 29.8 Å². The molecule has 4 aromatic rings. The molecular weight excluding hydrogens is 641 g/mol. The molecule has 0 aromatic heterocycles. The normalized spacial score (nSPS) is 12.1. The zero-order chi connectivity index (χ0) is 33.6. The van der Waals surface area contributed by atoms with Crippen LogP contribution in [0.2, 0.25) is 10.0 Å². The van der Waals surface area contributed by atoms with Crippen molar-refractivity contribution < 1.29 is 18.0 Å². The first-order chi connectivity index (χ1) is 21.8. The van der Waals surface area contributed by atoms with Crippen LogP contribution in [0.5, 0.6) is 0 Å². The van der Waals surface area contributed by atoms with Crippen LogP contribution in [0, 0.1) is 20.8 Å². The van der Waals surface area contributed by atoms with E-state index in [9.17, 15) is 18.0 Å². The molecule has 0 radical (unpaired) electrons. The number of amides is 2. The summed E-state index contributed by atoms with van der Waals surface area (Å²) < 4.78 is 29.7. The Morgan fingerprint density at radius 2 is 1.52 bits per heavy atom. The molecule has 0 fully saturated rings. The number of rotatable bonds is 12. The smallest absolute Gasteiger partial charge is 0.264 e. The Morgan fingerprint density at radius 1 is 0.848 bits per heavy atom. The van der Waals surface area contributed by atoms with E-state index in [4.69, 9.17) is 23.2 Å². The maximum Gasteiger partial charge on any atom is 0.264 e. The minimum Gasteiger partial charge on any atom is -0.352 e. The van der Waals surface area contributed by atoms with E-state index in [0.717, 1.165) is 26.6 Å². The van der Waals surface area contributed by atoms with Gasteiger partial charge in [-0.2, -0.15) is 0 Å². The third-order valence-electron chi connectivity index (χ3n) is 7.79. The van der Waals surface area contributed by atoms with Gasteiger partial charge in [-0.05, 0) is 87.2 Å². The number of anilines is 1. The molecule has 46 heavy (non-hydrogen) atoms. The van der Waals surface area contributed by atoms with Crippen LogP contribution in [0.4, 0.5) is 5.69 Å². The van der Waals surface area contributed by atoms with E-state index < -0.39 is 28.5 Å². The highest BCUT2D eigenvalue weighted by Gasteiger charge is 2.35. The molecule has 10 heteroatoms. The molecule has 1 unspecified atom stereocenters. The van der Waals surface area contributed by atoms with Gasteiger partial charge in [0.05, 0.1) is 10.6 Å². The molecule has 1 atom stereocenters. The van der Waals surface area contributed by atoms with Crippen molar-refractivity contribution in [3.8, 4) is 0 Å². The third kappa shape index (κ3) is 8.49. The predicted octanol–water partition coefficient (Wildman–Crippen LogP) is 7.28. The lowest BCUT2D eigenvalue weighted by molar-refractivity contribution is -0.140. The number of halogens is 2. The number of hydrogen-bond donors (Lipinski definition) is 1. The lowest BCUT2D eigenvalue weighted by Crippen LogP contribution is -2.54. The topological polar surface area (TPSA) is 86.8 Å². The molecule has 242 valence electrons. The largest absolute Gasteiger partial charge is 0.352 e. The second-order valence-electron chi connectivity index (χ2n) is 11.7. The lowest BCUT2D eigenvalue weighted by Gasteiger charge is -2.34. The average Bonchev–Trinajstić information content (AvgIpc) is 3.00. The Hall–Kier alpha value is -3.85. The molecule has 0 aliphatic heterocycles. The Morgan fingerprint density at radius 3 is 2.15 bits per heavy atom. The Kier molecular flexibility index (Phi) is 11.5. The summed E-state index contributed by atoms with van der Waals surface area (Å²) in [4.78, 5) is 30.0. The summed E-state index contributed by atoms with van der Waals surface area (Å²) in [7, 11) is -4.21. The maximum atomic E-state index is 14.6. The van der Waals surface area contributed by atoms with Crippen molar-refractivity contribution in [2.75, 3.05) is 10.8 Å². The van der Waals surface area contributed by atoms with E-state index in [1.54, 1.807) is 42.5 Å². The second kappa shape index (κ2) is 15.2. The van der Waals surface area contributed by atoms with Gasteiger partial charge < -0.3 is 10.2 Å². The molecule has 7 nitrogen and oxygen atoms in total. The fourth-order valence-corrected chi connectivity index (χ4v) is 7.06. The summed E-state index contributed by atoms with van der Waals surface area (Å²) >= 11 is 12.8. The number of aryl methyl sites for hydroxylation is 2. The van der Waals surface area contributed by atoms with E-state index in [0.29, 0.717) is 21.3 Å². The summed E-state index contributed by atoms with van der Waals surface area (Å²) in [5.41, 5.74) is 4.28. The first kappa shape index (κ1) is 35.0. The molecule has 0 heterocycles. The van der Waals surface area contributed by atoms with Gasteiger partial charge in [0.25, 0.3) is 10.0 Å². The van der Waals surface area contributed by atoms with Crippen LogP contribution in [0.1, 0.15) is 41.7 Å². The van der Waals surface area contributed by atoms with Gasteiger partial charge in [0.15, 0.2) is 0 Å². The number of carbonyl (C=O) groups excluding carboxylic acids is 2. The van der Waals surface area contributed by atoms with Crippen molar-refractivity contribution in [2.24, 2.45) is 0 Å². The molecule has 0 saturated carbocycles. The SMILES string of the molecule is Cc1ccc(S(=O)(=O)N(CC(=O)N(Cc2ccc(Cl)cc2Cl)C(Cc2ccccc2)C(=O)NC(C)C)c2cccc(C)c2C)cc1. The molecule has 4 aromatic carbocycles. The molecule has 0 bridgehead atoms. The number of hydrogen-bond acceptors (Lipinski definition) is 4. The van der Waals surface area contributed by atoms with Crippen molar-refractivity contribution in [3.63, 3.8) is 0 Å². The average molecular weight is 681 g/mol. The van der Waals surface area contributed by atoms with Gasteiger partial charge in [0.1, 0.15) is 12.6 Å². The van der Waals surface area contributed by atoms with Crippen molar-refractivity contribution in [3.05, 3.63) is 129 Å². The van der Waals surface area contributed by atoms with E-state index in [2.05, 4.69) is 5.32 Å². The molecule has 2 amide bonds. The lowest BCUT2D eigenvalue weighted by atomic mass is 10.0. The van der Waals surface area contributed by atoms with Crippen molar-refractivity contribution >= 4 is 50.7 Å². The first-order valence-corrected chi connectivity index (χ1v) is 17.2. The van der Waals surface area contributed by atoms with Gasteiger partial charge in [0, 0.05) is 29.1 Å². The Bertz CT molecular complexity index is 1800. The summed E-state index contributed by atoms with van der Waals surface area (Å²) in [5, 5.41) is 3.70. The molecule has 0 aliphatic rings. The summed E-state index contributed by atoms with van der Waals surface area (Å²) in [6, 6.07) is 25.0. The molecule has 0 spiro atoms. The fourth-order valence-electron chi connectivity index (χ4n) is 5.12. The van der Waals surface area contributed by atoms with Crippen LogP contribution < -0.4 is 9.62 Å². The van der Waals surface area contributed by atoms with Crippen LogP contribution in [0.25, 0.3) is 0 Å². The van der Waals surface area contributed by atoms with Crippen LogP contribution in [0.3, 0.4) is 0 Å². The van der Waals surface area contributed by atoms with Gasteiger partial charge in [-0.1, -0.05) is 89.4 Å². The zero-order valence-electron chi connectivity index (χ0n) is 26.6. The third-order valence-corrected chi connectivity index (χ3v) is 10.2. The van der Waals surface area contributed by atoms with Crippen molar-refractivity contribution in [1.29, 1.82) is 0 Å². The summed E-state index contributed by atoms with van der Waals surface area (Å²) in [5.74, 6) is -0.931. The van der Waals surface area contributed by atoms with Crippen LogP contribution in [0.15, 0.2) is 95.9 Å². The van der Waals surface area contributed by atoms with E-state index in [1.807, 2.05) is 71.0 Å². The molecule has 0 aliphatic carbocycles. The summed E-state index contributed by atoms with van der Waals surface area (Å²) in [6.45, 7) is 8.67. The summed E-state index contributed by atoms with van der Waals surface area (Å²) in [6.07, 6.45) is 0.199. The van der Waals surface area contributed by atoms with E-state index in [1.165, 1.54) is 17.0 Å². The number of sulfonamides is 1. The minimum absolute atomic E-state index is 0.0525. The minimum atomic E-state index is -4.21. The highest BCUT2D eigenvalue weighted by molar-refractivity contribution is 7.92. The van der Waals surface area contributed by atoms with Gasteiger partial charge in [-0.25, -0.2) is 8.42 Å². The first-order valence-electron chi connectivity index (χ1n) is 15.0. The second-order valence-corrected chi connectivity index (χ2v) is 14.4. The monoisotopic (exact) mass is 679 g/mol. The van der Waals surface area contributed by atoms with Crippen LogP contribution >= 0.6 is 23.2 Å². The molecular formula is C36H39Cl2N3O4S. The van der Waals surface area contributed by atoms with Gasteiger partial charge in [0.2, 0.25) is 11.8 Å². The predicted molar refractivity (Wildman–Crippen MR) is 186 cm³/mol. The number of nitrogens with zero attached hydrogens (tertiary/aromatic N) is 2. The van der Waals surface area contributed by atoms with E-state index >= 15 is 0 Å². The molecule has 1 N–H and O–H groups in total. The Balaban J connectivity index is 1.86. The van der Waals surface area contributed by atoms with Crippen molar-refractivity contribution in [1.82, 2.24) is 10.2 Å². The van der Waals surface area contributed by atoms with Crippen molar-refractivity contribution in [2.45, 2.75) is 64.6 Å². The Labute approximate surface area is 282 Å². The number of nitrogens with one attached hydrogen (secondary N) is 1. The van der Waals surface area contributed by atoms with Gasteiger partial charge in [-0.3, -0.25) is 13.9 Å². The van der Waals surface area contributed by atoms with Gasteiger partial charge in [-0.15, -0.1) is 0 Å². The van der Waals surface area contributed by atoms with Crippen LogP contribution in [-0.2, 0) is 32.6 Å². The zero-order valence-corrected chi connectivity index (χ0v) is 29.0. The quantitative estimate of drug-likeness (QED) is 0.171.